The highest BCUT2D eigenvalue weighted by Crippen LogP contribution is 2.24. The highest BCUT2D eigenvalue weighted by atomic mass is 16.2. The molecule has 3 heterocycles. The first-order chi connectivity index (χ1) is 13.6. The number of piperidine rings is 1. The van der Waals surface area contributed by atoms with Crippen molar-refractivity contribution in [1.29, 1.82) is 0 Å². The third-order valence-corrected chi connectivity index (χ3v) is 6.39. The maximum Gasteiger partial charge on any atom is 0.257 e. The minimum Gasteiger partial charge on any atom is -0.339 e. The average Bonchev–Trinajstić information content (AvgIpc) is 3.31. The Morgan fingerprint density at radius 2 is 1.71 bits per heavy atom. The van der Waals surface area contributed by atoms with E-state index in [2.05, 4.69) is 22.1 Å². The number of carbonyl (C=O) groups excluding carboxylic acids is 1. The zero-order valence-corrected chi connectivity index (χ0v) is 17.2. The molecule has 150 valence electrons. The van der Waals surface area contributed by atoms with Crippen molar-refractivity contribution in [2.45, 2.75) is 46.1 Å². The molecule has 2 saturated heterocycles. The van der Waals surface area contributed by atoms with Gasteiger partial charge < -0.3 is 9.80 Å². The SMILES string of the molecule is Cc1nn(Cc2ccccc2)c(C)c1C(=O)N1CCC(CN2CCCC2)CC1. The number of hydrogen-bond acceptors (Lipinski definition) is 3. The van der Waals surface area contributed by atoms with Crippen molar-refractivity contribution in [1.82, 2.24) is 19.6 Å². The Balaban J connectivity index is 1.39. The molecule has 0 N–H and O–H groups in total. The summed E-state index contributed by atoms with van der Waals surface area (Å²) in [5, 5.41) is 4.67. The second-order valence-electron chi connectivity index (χ2n) is 8.43. The summed E-state index contributed by atoms with van der Waals surface area (Å²) < 4.78 is 1.97. The molecule has 1 aromatic carbocycles. The van der Waals surface area contributed by atoms with Gasteiger partial charge in [-0.15, -0.1) is 0 Å². The van der Waals surface area contributed by atoms with Crippen LogP contribution in [0.25, 0.3) is 0 Å². The van der Waals surface area contributed by atoms with Gasteiger partial charge in [0.05, 0.1) is 17.8 Å². The van der Waals surface area contributed by atoms with Crippen molar-refractivity contribution < 1.29 is 4.79 Å². The highest BCUT2D eigenvalue weighted by molar-refractivity contribution is 5.96. The number of rotatable bonds is 5. The van der Waals surface area contributed by atoms with E-state index < -0.39 is 0 Å². The summed E-state index contributed by atoms with van der Waals surface area (Å²) in [7, 11) is 0. The van der Waals surface area contributed by atoms with Gasteiger partial charge in [0.1, 0.15) is 0 Å². The number of amides is 1. The Morgan fingerprint density at radius 1 is 1.04 bits per heavy atom. The van der Waals surface area contributed by atoms with Crippen LogP contribution in [0, 0.1) is 19.8 Å². The molecule has 2 aromatic rings. The van der Waals surface area contributed by atoms with E-state index in [4.69, 9.17) is 0 Å². The average molecular weight is 381 g/mol. The molecule has 0 saturated carbocycles. The maximum absolute atomic E-state index is 13.2. The van der Waals surface area contributed by atoms with E-state index in [9.17, 15) is 4.79 Å². The Labute approximate surface area is 168 Å². The minimum absolute atomic E-state index is 0.161. The van der Waals surface area contributed by atoms with Gasteiger partial charge in [0.15, 0.2) is 0 Å². The molecule has 0 radical (unpaired) electrons. The second kappa shape index (κ2) is 8.48. The molecule has 2 aliphatic heterocycles. The number of carbonyl (C=O) groups is 1. The van der Waals surface area contributed by atoms with E-state index in [0.29, 0.717) is 6.54 Å². The molecule has 0 aliphatic carbocycles. The van der Waals surface area contributed by atoms with E-state index in [0.717, 1.165) is 48.8 Å². The molecule has 0 unspecified atom stereocenters. The minimum atomic E-state index is 0.161. The first-order valence-electron chi connectivity index (χ1n) is 10.7. The number of likely N-dealkylation sites (tertiary alicyclic amines) is 2. The van der Waals surface area contributed by atoms with Crippen LogP contribution in [-0.2, 0) is 6.54 Å². The zero-order valence-electron chi connectivity index (χ0n) is 17.2. The van der Waals surface area contributed by atoms with Gasteiger partial charge in [-0.2, -0.15) is 5.10 Å². The number of benzene rings is 1. The lowest BCUT2D eigenvalue weighted by Gasteiger charge is -2.34. The first-order valence-corrected chi connectivity index (χ1v) is 10.7. The summed E-state index contributed by atoms with van der Waals surface area (Å²) >= 11 is 0. The summed E-state index contributed by atoms with van der Waals surface area (Å²) in [6.07, 6.45) is 4.95. The van der Waals surface area contributed by atoms with Crippen molar-refractivity contribution in [3.63, 3.8) is 0 Å². The number of aromatic nitrogens is 2. The quantitative estimate of drug-likeness (QED) is 0.797. The lowest BCUT2D eigenvalue weighted by atomic mass is 9.95. The standard InChI is InChI=1S/C23H32N4O/c1-18-22(19(2)27(24-18)17-20-8-4-3-5-9-20)23(28)26-14-10-21(11-15-26)16-25-12-6-7-13-25/h3-5,8-9,21H,6-7,10-17H2,1-2H3. The smallest absolute Gasteiger partial charge is 0.257 e. The van der Waals surface area contributed by atoms with Crippen molar-refractivity contribution >= 4 is 5.91 Å². The Bertz CT molecular complexity index is 800. The van der Waals surface area contributed by atoms with Gasteiger partial charge in [-0.25, -0.2) is 0 Å². The molecule has 2 aliphatic rings. The second-order valence-corrected chi connectivity index (χ2v) is 8.43. The normalized spacial score (nSPS) is 18.7. The molecule has 5 heteroatoms. The Morgan fingerprint density at radius 3 is 2.39 bits per heavy atom. The van der Waals surface area contributed by atoms with E-state index in [1.54, 1.807) is 0 Å². The fourth-order valence-electron chi connectivity index (χ4n) is 4.72. The lowest BCUT2D eigenvalue weighted by Crippen LogP contribution is -2.41. The van der Waals surface area contributed by atoms with E-state index in [-0.39, 0.29) is 5.91 Å². The topological polar surface area (TPSA) is 41.4 Å². The predicted octanol–water partition coefficient (Wildman–Crippen LogP) is 3.50. The lowest BCUT2D eigenvalue weighted by molar-refractivity contribution is 0.0671. The van der Waals surface area contributed by atoms with Gasteiger partial charge in [0, 0.05) is 25.3 Å². The van der Waals surface area contributed by atoms with Crippen LogP contribution in [0.15, 0.2) is 30.3 Å². The monoisotopic (exact) mass is 380 g/mol. The molecule has 2 fully saturated rings. The fourth-order valence-corrected chi connectivity index (χ4v) is 4.72. The van der Waals surface area contributed by atoms with Gasteiger partial charge in [0.25, 0.3) is 5.91 Å². The van der Waals surface area contributed by atoms with Crippen molar-refractivity contribution in [2.75, 3.05) is 32.7 Å². The number of aryl methyl sites for hydroxylation is 1. The summed E-state index contributed by atoms with van der Waals surface area (Å²) in [4.78, 5) is 17.9. The highest BCUT2D eigenvalue weighted by Gasteiger charge is 2.28. The van der Waals surface area contributed by atoms with Crippen molar-refractivity contribution in [2.24, 2.45) is 5.92 Å². The largest absolute Gasteiger partial charge is 0.339 e. The molecule has 0 spiro atoms. The fraction of sp³-hybridized carbons (Fsp3) is 0.565. The maximum atomic E-state index is 13.2. The van der Waals surface area contributed by atoms with Crippen molar-refractivity contribution in [3.05, 3.63) is 52.8 Å². The molecule has 0 atom stereocenters. The molecule has 4 rings (SSSR count). The first kappa shape index (κ1) is 19.2. The predicted molar refractivity (Wildman–Crippen MR) is 112 cm³/mol. The molecule has 0 bridgehead atoms. The number of nitrogens with zero attached hydrogens (tertiary/aromatic N) is 4. The van der Waals surface area contributed by atoms with Gasteiger partial charge in [-0.1, -0.05) is 30.3 Å². The van der Waals surface area contributed by atoms with Crippen LogP contribution in [0.3, 0.4) is 0 Å². The van der Waals surface area contributed by atoms with Gasteiger partial charge in [-0.3, -0.25) is 9.48 Å². The van der Waals surface area contributed by atoms with Crippen LogP contribution in [0.5, 0.6) is 0 Å². The molecule has 28 heavy (non-hydrogen) atoms. The Hall–Kier alpha value is -2.14. The Kier molecular flexibility index (Phi) is 5.81. The summed E-state index contributed by atoms with van der Waals surface area (Å²) in [5.74, 6) is 0.902. The van der Waals surface area contributed by atoms with E-state index in [1.165, 1.54) is 38.0 Å². The third-order valence-electron chi connectivity index (χ3n) is 6.39. The summed E-state index contributed by atoms with van der Waals surface area (Å²) in [6, 6.07) is 10.3. The molecule has 1 amide bonds. The van der Waals surface area contributed by atoms with E-state index >= 15 is 0 Å². The summed E-state index contributed by atoms with van der Waals surface area (Å²) in [6.45, 7) is 10.2. The summed E-state index contributed by atoms with van der Waals surface area (Å²) in [5.41, 5.74) is 3.83. The molecule has 5 nitrogen and oxygen atoms in total. The van der Waals surface area contributed by atoms with Gasteiger partial charge >= 0.3 is 0 Å². The van der Waals surface area contributed by atoms with Crippen LogP contribution < -0.4 is 0 Å². The van der Waals surface area contributed by atoms with Crippen LogP contribution in [-0.4, -0.2) is 58.2 Å². The molecular formula is C23H32N4O. The van der Waals surface area contributed by atoms with Gasteiger partial charge in [-0.05, 0) is 64.1 Å². The van der Waals surface area contributed by atoms with Crippen molar-refractivity contribution in [3.8, 4) is 0 Å². The van der Waals surface area contributed by atoms with Gasteiger partial charge in [0.2, 0.25) is 0 Å². The molecule has 1 aromatic heterocycles. The van der Waals surface area contributed by atoms with Crippen LogP contribution >= 0.6 is 0 Å². The number of hydrogen-bond donors (Lipinski definition) is 0. The van der Waals surface area contributed by atoms with Crippen LogP contribution in [0.4, 0.5) is 0 Å². The third kappa shape index (κ3) is 4.14. The van der Waals surface area contributed by atoms with Crippen LogP contribution in [0.1, 0.15) is 53.0 Å². The zero-order chi connectivity index (χ0) is 19.5. The molecular weight excluding hydrogens is 348 g/mol. The van der Waals surface area contributed by atoms with E-state index in [1.807, 2.05) is 41.6 Å². The van der Waals surface area contributed by atoms with Crippen LogP contribution in [0.2, 0.25) is 0 Å².